The summed E-state index contributed by atoms with van der Waals surface area (Å²) in [5, 5.41) is 27.9. The van der Waals surface area contributed by atoms with E-state index in [1.807, 2.05) is 6.92 Å². The number of carbonyl (C=O) groups is 1. The Morgan fingerprint density at radius 2 is 2.14 bits per heavy atom. The molecule has 0 atom stereocenters. The highest BCUT2D eigenvalue weighted by Crippen LogP contribution is 2.37. The number of nitro groups is 1. The van der Waals surface area contributed by atoms with Gasteiger partial charge in [0, 0.05) is 6.54 Å². The molecule has 0 unspecified atom stereocenters. The summed E-state index contributed by atoms with van der Waals surface area (Å²) in [6, 6.07) is 0. The number of nitrogens with one attached hydrogen (secondary N) is 1. The Hall–Kier alpha value is -2.12. The lowest BCUT2D eigenvalue weighted by Gasteiger charge is -2.26. The summed E-state index contributed by atoms with van der Waals surface area (Å²) in [5.74, 6) is -0.750. The maximum absolute atomic E-state index is 11.6. The van der Waals surface area contributed by atoms with Gasteiger partial charge in [0.2, 0.25) is 5.82 Å². The van der Waals surface area contributed by atoms with E-state index in [0.29, 0.717) is 25.1 Å². The van der Waals surface area contributed by atoms with E-state index in [2.05, 4.69) is 10.4 Å². The molecular formula is C13H20N4O4. The van der Waals surface area contributed by atoms with Gasteiger partial charge in [-0.1, -0.05) is 19.8 Å². The lowest BCUT2D eigenvalue weighted by molar-refractivity contribution is -0.384. The third-order valence-electron chi connectivity index (χ3n) is 3.94. The molecule has 116 valence electrons. The summed E-state index contributed by atoms with van der Waals surface area (Å²) in [6.45, 7) is 4.01. The van der Waals surface area contributed by atoms with Crippen LogP contribution in [0.15, 0.2) is 0 Å². The number of carboxylic acid groups (broad SMARTS) is 1. The van der Waals surface area contributed by atoms with Crippen molar-refractivity contribution in [2.24, 2.45) is 0 Å². The summed E-state index contributed by atoms with van der Waals surface area (Å²) in [5.41, 5.74) is -0.951. The quantitative estimate of drug-likeness (QED) is 0.615. The van der Waals surface area contributed by atoms with Crippen LogP contribution in [-0.2, 0) is 11.3 Å². The molecule has 1 aliphatic rings. The van der Waals surface area contributed by atoms with Gasteiger partial charge in [-0.15, -0.1) is 0 Å². The van der Waals surface area contributed by atoms with Crippen molar-refractivity contribution in [3.8, 4) is 0 Å². The Balaban J connectivity index is 2.46. The highest BCUT2D eigenvalue weighted by atomic mass is 16.6. The van der Waals surface area contributed by atoms with E-state index in [0.717, 1.165) is 19.3 Å². The van der Waals surface area contributed by atoms with Crippen LogP contribution in [0, 0.1) is 17.0 Å². The fraction of sp³-hybridized carbons (Fsp3) is 0.692. The molecule has 0 aromatic carbocycles. The third-order valence-corrected chi connectivity index (χ3v) is 3.94. The van der Waals surface area contributed by atoms with Crippen molar-refractivity contribution >= 4 is 17.5 Å². The molecule has 8 nitrogen and oxygen atoms in total. The number of anilines is 1. The molecule has 1 aromatic rings. The summed E-state index contributed by atoms with van der Waals surface area (Å²) in [6.07, 6.45) is 3.29. The molecule has 1 saturated carbocycles. The van der Waals surface area contributed by atoms with Crippen molar-refractivity contribution in [3.05, 3.63) is 15.8 Å². The number of nitrogens with zero attached hydrogens (tertiary/aromatic N) is 3. The number of aryl methyl sites for hydroxylation is 2. The number of hydrogen-bond donors (Lipinski definition) is 2. The lowest BCUT2D eigenvalue weighted by atomic mass is 9.98. The van der Waals surface area contributed by atoms with E-state index in [-0.39, 0.29) is 11.5 Å². The fourth-order valence-corrected chi connectivity index (χ4v) is 2.89. The molecule has 2 rings (SSSR count). The molecule has 0 amide bonds. The molecule has 21 heavy (non-hydrogen) atoms. The highest BCUT2D eigenvalue weighted by molar-refractivity contribution is 5.84. The number of aromatic nitrogens is 2. The van der Waals surface area contributed by atoms with E-state index in [1.165, 1.54) is 4.68 Å². The van der Waals surface area contributed by atoms with Crippen LogP contribution in [0.4, 0.5) is 11.5 Å². The zero-order chi connectivity index (χ0) is 15.6. The average Bonchev–Trinajstić information content (AvgIpc) is 2.97. The average molecular weight is 296 g/mol. The summed E-state index contributed by atoms with van der Waals surface area (Å²) >= 11 is 0. The second kappa shape index (κ2) is 5.71. The first-order valence-corrected chi connectivity index (χ1v) is 7.14. The van der Waals surface area contributed by atoms with Crippen LogP contribution in [0.2, 0.25) is 0 Å². The van der Waals surface area contributed by atoms with Crippen LogP contribution >= 0.6 is 0 Å². The normalized spacial score (nSPS) is 16.9. The van der Waals surface area contributed by atoms with E-state index >= 15 is 0 Å². The smallest absolute Gasteiger partial charge is 0.333 e. The van der Waals surface area contributed by atoms with Gasteiger partial charge in [0.25, 0.3) is 0 Å². The first kappa shape index (κ1) is 15.3. The van der Waals surface area contributed by atoms with Crippen molar-refractivity contribution in [2.75, 3.05) is 5.32 Å². The van der Waals surface area contributed by atoms with Crippen LogP contribution in [0.5, 0.6) is 0 Å². The van der Waals surface area contributed by atoms with Gasteiger partial charge in [0.15, 0.2) is 0 Å². The van der Waals surface area contributed by atoms with Gasteiger partial charge < -0.3 is 10.4 Å². The minimum atomic E-state index is -1.12. The fourth-order valence-electron chi connectivity index (χ4n) is 2.89. The molecule has 1 aliphatic carbocycles. The van der Waals surface area contributed by atoms with Crippen molar-refractivity contribution in [1.82, 2.24) is 9.78 Å². The zero-order valence-electron chi connectivity index (χ0n) is 12.3. The Bertz CT molecular complexity index is 561. The van der Waals surface area contributed by atoms with Gasteiger partial charge in [0.1, 0.15) is 11.2 Å². The number of rotatable bonds is 6. The van der Waals surface area contributed by atoms with E-state index in [1.54, 1.807) is 6.92 Å². The predicted molar refractivity (Wildman–Crippen MR) is 76.4 cm³/mol. The Kier molecular flexibility index (Phi) is 4.15. The van der Waals surface area contributed by atoms with E-state index < -0.39 is 16.4 Å². The molecule has 0 saturated heterocycles. The van der Waals surface area contributed by atoms with Crippen LogP contribution in [-0.4, -0.2) is 31.3 Å². The van der Waals surface area contributed by atoms with Crippen LogP contribution < -0.4 is 5.32 Å². The Labute approximate surface area is 122 Å². The molecule has 0 spiro atoms. The van der Waals surface area contributed by atoms with Gasteiger partial charge in [0.05, 0.1) is 4.92 Å². The molecule has 1 aromatic heterocycles. The number of hydrogen-bond acceptors (Lipinski definition) is 5. The Morgan fingerprint density at radius 3 is 2.62 bits per heavy atom. The lowest BCUT2D eigenvalue weighted by Crippen LogP contribution is -2.44. The van der Waals surface area contributed by atoms with Crippen molar-refractivity contribution < 1.29 is 14.8 Å². The van der Waals surface area contributed by atoms with Gasteiger partial charge in [-0.25, -0.2) is 9.48 Å². The van der Waals surface area contributed by atoms with Crippen LogP contribution in [0.25, 0.3) is 0 Å². The molecule has 2 N–H and O–H groups in total. The predicted octanol–water partition coefficient (Wildman–Crippen LogP) is 2.32. The van der Waals surface area contributed by atoms with Gasteiger partial charge >= 0.3 is 11.7 Å². The van der Waals surface area contributed by atoms with Crippen molar-refractivity contribution in [3.63, 3.8) is 0 Å². The summed E-state index contributed by atoms with van der Waals surface area (Å²) < 4.78 is 1.51. The zero-order valence-corrected chi connectivity index (χ0v) is 12.3. The second-order valence-corrected chi connectivity index (χ2v) is 5.48. The van der Waals surface area contributed by atoms with Gasteiger partial charge in [-0.05, 0) is 26.2 Å². The minimum Gasteiger partial charge on any atom is -0.480 e. The van der Waals surface area contributed by atoms with Gasteiger partial charge in [-0.3, -0.25) is 10.1 Å². The van der Waals surface area contributed by atoms with Crippen molar-refractivity contribution in [1.29, 1.82) is 0 Å². The molecule has 8 heteroatoms. The molecule has 0 radical (unpaired) electrons. The molecule has 0 aliphatic heterocycles. The maximum atomic E-state index is 11.6. The highest BCUT2D eigenvalue weighted by Gasteiger charge is 2.44. The summed E-state index contributed by atoms with van der Waals surface area (Å²) in [7, 11) is 0. The van der Waals surface area contributed by atoms with E-state index in [9.17, 15) is 20.0 Å². The first-order valence-electron chi connectivity index (χ1n) is 7.14. The standard InChI is InChI=1S/C13H20N4O4/c1-3-8-16-11(10(17(20)21)9(2)15-16)14-13(12(18)19)6-4-5-7-13/h14H,3-8H2,1-2H3,(H,18,19). The Morgan fingerprint density at radius 1 is 1.52 bits per heavy atom. The monoisotopic (exact) mass is 296 g/mol. The SMILES string of the molecule is CCCn1nc(C)c([N+](=O)[O-])c1NC1(C(=O)O)CCCC1. The van der Waals surface area contributed by atoms with Crippen LogP contribution in [0.3, 0.4) is 0 Å². The molecule has 1 fully saturated rings. The largest absolute Gasteiger partial charge is 0.480 e. The number of aliphatic carboxylic acids is 1. The molecule has 1 heterocycles. The van der Waals surface area contributed by atoms with Crippen molar-refractivity contribution in [2.45, 2.75) is 58.0 Å². The molecular weight excluding hydrogens is 276 g/mol. The van der Waals surface area contributed by atoms with Crippen LogP contribution in [0.1, 0.15) is 44.7 Å². The maximum Gasteiger partial charge on any atom is 0.333 e. The number of carboxylic acids is 1. The third kappa shape index (κ3) is 2.70. The van der Waals surface area contributed by atoms with Gasteiger partial charge in [-0.2, -0.15) is 5.10 Å². The van der Waals surface area contributed by atoms with E-state index in [4.69, 9.17) is 0 Å². The second-order valence-electron chi connectivity index (χ2n) is 5.48. The first-order chi connectivity index (χ1) is 9.91. The minimum absolute atomic E-state index is 0.129. The topological polar surface area (TPSA) is 110 Å². The summed E-state index contributed by atoms with van der Waals surface area (Å²) in [4.78, 5) is 22.4. The molecule has 0 bridgehead atoms.